The first kappa shape index (κ1) is 14.1. The maximum absolute atomic E-state index is 10.5. The van der Waals surface area contributed by atoms with Gasteiger partial charge in [-0.2, -0.15) is 0 Å². The van der Waals surface area contributed by atoms with Crippen molar-refractivity contribution >= 4 is 6.29 Å². The molecule has 0 spiro atoms. The largest absolute Gasteiger partial charge is 0.493 e. The highest BCUT2D eigenvalue weighted by Gasteiger charge is 2.14. The van der Waals surface area contributed by atoms with Crippen molar-refractivity contribution in [2.45, 2.75) is 19.3 Å². The zero-order chi connectivity index (χ0) is 14.5. The topological polar surface area (TPSA) is 61.6 Å². The third-order valence-electron chi connectivity index (χ3n) is 3.14. The molecule has 0 fully saturated rings. The van der Waals surface area contributed by atoms with Crippen LogP contribution in [0.2, 0.25) is 0 Å². The Balaban J connectivity index is 2.30. The molecule has 0 saturated heterocycles. The lowest BCUT2D eigenvalue weighted by Crippen LogP contribution is -1.91. The average molecular weight is 275 g/mol. The number of aldehydes is 1. The van der Waals surface area contributed by atoms with E-state index in [-0.39, 0.29) is 5.92 Å². The molecule has 20 heavy (non-hydrogen) atoms. The third kappa shape index (κ3) is 2.82. The van der Waals surface area contributed by atoms with Crippen molar-refractivity contribution in [3.63, 3.8) is 0 Å². The number of nitrogens with zero attached hydrogens (tertiary/aromatic N) is 1. The number of ether oxygens (including phenoxy) is 2. The number of carbonyl (C=O) groups is 1. The van der Waals surface area contributed by atoms with Crippen molar-refractivity contribution in [2.24, 2.45) is 0 Å². The molecule has 0 aliphatic heterocycles. The van der Waals surface area contributed by atoms with Gasteiger partial charge in [-0.1, -0.05) is 12.1 Å². The quantitative estimate of drug-likeness (QED) is 0.758. The maximum Gasteiger partial charge on any atom is 0.161 e. The molecule has 1 heterocycles. The smallest absolute Gasteiger partial charge is 0.161 e. The monoisotopic (exact) mass is 275 g/mol. The number of carbonyl (C=O) groups excluding carboxylic acids is 1. The lowest BCUT2D eigenvalue weighted by Gasteiger charge is -2.07. The average Bonchev–Trinajstić information content (AvgIpc) is 2.96. The number of hydrogen-bond acceptors (Lipinski definition) is 5. The van der Waals surface area contributed by atoms with Crippen LogP contribution in [-0.2, 0) is 4.79 Å². The predicted molar refractivity (Wildman–Crippen MR) is 74.1 cm³/mol. The van der Waals surface area contributed by atoms with Crippen LogP contribution in [-0.4, -0.2) is 25.7 Å². The molecule has 5 nitrogen and oxygen atoms in total. The van der Waals surface area contributed by atoms with Crippen molar-refractivity contribution in [3.05, 3.63) is 30.0 Å². The molecule has 0 N–H and O–H groups in total. The fraction of sp³-hybridized carbons (Fsp3) is 0.333. The van der Waals surface area contributed by atoms with E-state index in [4.69, 9.17) is 14.0 Å². The molecule has 0 bridgehead atoms. The van der Waals surface area contributed by atoms with Crippen LogP contribution in [0.15, 0.2) is 28.8 Å². The zero-order valence-electron chi connectivity index (χ0n) is 11.8. The van der Waals surface area contributed by atoms with Crippen LogP contribution in [0.5, 0.6) is 11.5 Å². The first-order valence-corrected chi connectivity index (χ1v) is 6.32. The first-order valence-electron chi connectivity index (χ1n) is 6.32. The summed E-state index contributed by atoms with van der Waals surface area (Å²) in [5.41, 5.74) is 1.58. The van der Waals surface area contributed by atoms with E-state index < -0.39 is 0 Å². The van der Waals surface area contributed by atoms with Crippen molar-refractivity contribution in [1.82, 2.24) is 5.16 Å². The predicted octanol–water partition coefficient (Wildman–Crippen LogP) is 3.05. The lowest BCUT2D eigenvalue weighted by molar-refractivity contribution is -0.108. The van der Waals surface area contributed by atoms with Crippen LogP contribution < -0.4 is 9.47 Å². The highest BCUT2D eigenvalue weighted by molar-refractivity contribution is 5.64. The van der Waals surface area contributed by atoms with Crippen molar-refractivity contribution < 1.29 is 18.8 Å². The SMILES string of the molecule is COc1ccc(-c2cc(C(C)CC=O)on2)cc1OC. The van der Waals surface area contributed by atoms with Gasteiger partial charge in [0.1, 0.15) is 17.7 Å². The van der Waals surface area contributed by atoms with E-state index >= 15 is 0 Å². The van der Waals surface area contributed by atoms with E-state index in [1.807, 2.05) is 31.2 Å². The van der Waals surface area contributed by atoms with Gasteiger partial charge in [0.2, 0.25) is 0 Å². The highest BCUT2D eigenvalue weighted by atomic mass is 16.5. The van der Waals surface area contributed by atoms with Crippen LogP contribution in [0.1, 0.15) is 25.0 Å². The van der Waals surface area contributed by atoms with E-state index in [2.05, 4.69) is 5.16 Å². The summed E-state index contributed by atoms with van der Waals surface area (Å²) in [6.45, 7) is 1.92. The Hall–Kier alpha value is -2.30. The van der Waals surface area contributed by atoms with E-state index in [0.717, 1.165) is 11.8 Å². The molecule has 0 radical (unpaired) electrons. The minimum atomic E-state index is 0.0221. The van der Waals surface area contributed by atoms with Gasteiger partial charge >= 0.3 is 0 Å². The van der Waals surface area contributed by atoms with Gasteiger partial charge < -0.3 is 18.8 Å². The molecule has 2 rings (SSSR count). The minimum Gasteiger partial charge on any atom is -0.493 e. The first-order chi connectivity index (χ1) is 9.69. The van der Waals surface area contributed by atoms with Gasteiger partial charge in [0.15, 0.2) is 11.5 Å². The summed E-state index contributed by atoms with van der Waals surface area (Å²) in [5.74, 6) is 2.01. The van der Waals surface area contributed by atoms with Crippen LogP contribution in [0.4, 0.5) is 0 Å². The molecule has 1 unspecified atom stereocenters. The van der Waals surface area contributed by atoms with E-state index in [9.17, 15) is 4.79 Å². The van der Waals surface area contributed by atoms with E-state index in [0.29, 0.717) is 29.4 Å². The van der Waals surface area contributed by atoms with Gasteiger partial charge in [-0.05, 0) is 18.2 Å². The molecule has 0 aliphatic carbocycles. The molecule has 1 atom stereocenters. The fourth-order valence-corrected chi connectivity index (χ4v) is 1.91. The normalized spacial score (nSPS) is 11.9. The van der Waals surface area contributed by atoms with Crippen molar-refractivity contribution in [2.75, 3.05) is 14.2 Å². The van der Waals surface area contributed by atoms with Crippen molar-refractivity contribution in [3.8, 4) is 22.8 Å². The maximum atomic E-state index is 10.5. The Kier molecular flexibility index (Phi) is 4.40. The second kappa shape index (κ2) is 6.23. The molecule has 1 aromatic heterocycles. The number of aromatic nitrogens is 1. The fourth-order valence-electron chi connectivity index (χ4n) is 1.91. The minimum absolute atomic E-state index is 0.0221. The van der Waals surface area contributed by atoms with Crippen molar-refractivity contribution in [1.29, 1.82) is 0 Å². The molecule has 0 saturated carbocycles. The standard InChI is InChI=1S/C15H17NO4/c1-10(6-7-17)14-9-12(16-20-14)11-4-5-13(18-2)15(8-11)19-3/h4-5,7-10H,6H2,1-3H3. The number of rotatable bonds is 6. The van der Waals surface area contributed by atoms with Gasteiger partial charge in [0.05, 0.1) is 14.2 Å². The lowest BCUT2D eigenvalue weighted by atomic mass is 10.0. The molecule has 1 aromatic carbocycles. The summed E-state index contributed by atoms with van der Waals surface area (Å²) in [4.78, 5) is 10.5. The summed E-state index contributed by atoms with van der Waals surface area (Å²) in [6, 6.07) is 7.38. The molecule has 2 aromatic rings. The summed E-state index contributed by atoms with van der Waals surface area (Å²) in [7, 11) is 3.18. The molecule has 0 aliphatic rings. The Morgan fingerprint density at radius 1 is 1.25 bits per heavy atom. The third-order valence-corrected chi connectivity index (χ3v) is 3.14. The van der Waals surface area contributed by atoms with Gasteiger partial charge in [-0.25, -0.2) is 0 Å². The van der Waals surface area contributed by atoms with E-state index in [1.165, 1.54) is 0 Å². The molecule has 0 amide bonds. The summed E-state index contributed by atoms with van der Waals surface area (Å²) >= 11 is 0. The summed E-state index contributed by atoms with van der Waals surface area (Å²) in [5, 5.41) is 4.03. The number of benzene rings is 1. The van der Waals surface area contributed by atoms with Crippen LogP contribution in [0.25, 0.3) is 11.3 Å². The molecular formula is C15H17NO4. The molecular weight excluding hydrogens is 258 g/mol. The Morgan fingerprint density at radius 2 is 2.00 bits per heavy atom. The van der Waals surface area contributed by atoms with Gasteiger partial charge in [-0.3, -0.25) is 0 Å². The van der Waals surface area contributed by atoms with Crippen LogP contribution >= 0.6 is 0 Å². The highest BCUT2D eigenvalue weighted by Crippen LogP contribution is 2.33. The Labute approximate surface area is 117 Å². The van der Waals surface area contributed by atoms with E-state index in [1.54, 1.807) is 14.2 Å². The van der Waals surface area contributed by atoms with Gasteiger partial charge in [0, 0.05) is 24.0 Å². The summed E-state index contributed by atoms with van der Waals surface area (Å²) < 4.78 is 15.7. The zero-order valence-corrected chi connectivity index (χ0v) is 11.8. The van der Waals surface area contributed by atoms with Gasteiger partial charge in [0.25, 0.3) is 0 Å². The number of hydrogen-bond donors (Lipinski definition) is 0. The van der Waals surface area contributed by atoms with Crippen LogP contribution in [0, 0.1) is 0 Å². The summed E-state index contributed by atoms with van der Waals surface area (Å²) in [6.07, 6.45) is 1.30. The van der Waals surface area contributed by atoms with Crippen LogP contribution in [0.3, 0.4) is 0 Å². The Bertz CT molecular complexity index is 591. The second-order valence-electron chi connectivity index (χ2n) is 4.49. The molecule has 106 valence electrons. The van der Waals surface area contributed by atoms with Gasteiger partial charge in [-0.15, -0.1) is 0 Å². The Morgan fingerprint density at radius 3 is 2.65 bits per heavy atom. The molecule has 5 heteroatoms. The second-order valence-corrected chi connectivity index (χ2v) is 4.49. The number of methoxy groups -OCH3 is 2.